The zero-order chi connectivity index (χ0) is 8.27. The summed E-state index contributed by atoms with van der Waals surface area (Å²) < 4.78 is 5.98. The number of allylic oxidation sites excluding steroid dienone is 1. The fourth-order valence-electron chi connectivity index (χ4n) is 1.21. The van der Waals surface area contributed by atoms with Gasteiger partial charge in [0.05, 0.1) is 5.92 Å². The van der Waals surface area contributed by atoms with Gasteiger partial charge in [-0.2, -0.15) is 0 Å². The third-order valence-corrected chi connectivity index (χ3v) is 2.77. The number of ether oxygens (including phenoxy) is 1. The number of halogens is 1. The summed E-state index contributed by atoms with van der Waals surface area (Å²) >= 11 is 2.23. The molecule has 0 N–H and O–H groups in total. The summed E-state index contributed by atoms with van der Waals surface area (Å²) in [7, 11) is 0. The zero-order valence-electron chi connectivity index (χ0n) is 6.25. The van der Waals surface area contributed by atoms with Crippen molar-refractivity contribution in [2.45, 2.75) is 18.9 Å². The first-order valence-electron chi connectivity index (χ1n) is 3.65. The molecule has 1 heterocycles. The van der Waals surface area contributed by atoms with Crippen LogP contribution in [0.4, 0.5) is 0 Å². The first-order valence-corrected chi connectivity index (χ1v) is 5.17. The molecule has 1 aliphatic rings. The van der Waals surface area contributed by atoms with E-state index >= 15 is 0 Å². The fourth-order valence-corrected chi connectivity index (χ4v) is 1.75. The second-order valence-electron chi connectivity index (χ2n) is 2.67. The smallest absolute Gasteiger partial charge is 0.309 e. The predicted octanol–water partition coefficient (Wildman–Crippen LogP) is 1.93. The Bertz CT molecular complexity index is 167. The van der Waals surface area contributed by atoms with E-state index in [-0.39, 0.29) is 18.0 Å². The highest BCUT2D eigenvalue weighted by Crippen LogP contribution is 2.25. The van der Waals surface area contributed by atoms with Crippen LogP contribution in [-0.4, -0.2) is 16.5 Å². The van der Waals surface area contributed by atoms with E-state index in [1.165, 1.54) is 0 Å². The summed E-state index contributed by atoms with van der Waals surface area (Å²) in [6.07, 6.45) is 3.55. The Labute approximate surface area is 80.1 Å². The highest BCUT2D eigenvalue weighted by atomic mass is 127. The van der Waals surface area contributed by atoms with Gasteiger partial charge in [-0.15, -0.1) is 6.58 Å². The summed E-state index contributed by atoms with van der Waals surface area (Å²) in [6.45, 7) is 3.60. The van der Waals surface area contributed by atoms with Crippen LogP contribution in [0.2, 0.25) is 0 Å². The minimum absolute atomic E-state index is 0.0495. The third-order valence-electron chi connectivity index (χ3n) is 1.79. The summed E-state index contributed by atoms with van der Waals surface area (Å²) in [5.74, 6) is 0.0267. The van der Waals surface area contributed by atoms with Crippen LogP contribution in [0.15, 0.2) is 12.7 Å². The Morgan fingerprint density at radius 1 is 1.82 bits per heavy atom. The molecule has 0 spiro atoms. The Morgan fingerprint density at radius 3 is 3.00 bits per heavy atom. The molecule has 0 aromatic carbocycles. The van der Waals surface area contributed by atoms with E-state index in [2.05, 4.69) is 29.2 Å². The number of alkyl halides is 1. The van der Waals surface area contributed by atoms with Gasteiger partial charge in [-0.1, -0.05) is 28.7 Å². The van der Waals surface area contributed by atoms with Gasteiger partial charge in [0.1, 0.15) is 6.10 Å². The molecule has 1 fully saturated rings. The largest absolute Gasteiger partial charge is 0.461 e. The first-order chi connectivity index (χ1) is 5.27. The van der Waals surface area contributed by atoms with Gasteiger partial charge in [-0.3, -0.25) is 4.79 Å². The van der Waals surface area contributed by atoms with Crippen molar-refractivity contribution >= 4 is 28.6 Å². The molecular formula is C8H11IO2. The summed E-state index contributed by atoms with van der Waals surface area (Å²) in [4.78, 5) is 11.1. The average molecular weight is 266 g/mol. The number of carbonyl (C=O) groups is 1. The Kier molecular flexibility index (Phi) is 3.36. The van der Waals surface area contributed by atoms with Crippen LogP contribution >= 0.6 is 22.6 Å². The van der Waals surface area contributed by atoms with E-state index in [0.717, 1.165) is 17.3 Å². The molecule has 0 saturated carbocycles. The zero-order valence-corrected chi connectivity index (χ0v) is 8.41. The molecule has 1 rings (SSSR count). The van der Waals surface area contributed by atoms with Crippen molar-refractivity contribution in [3.63, 3.8) is 0 Å². The SMILES string of the molecule is C=CC[C@H]1C[C@H](CI)OC1=O. The molecule has 0 radical (unpaired) electrons. The molecule has 0 amide bonds. The van der Waals surface area contributed by atoms with Crippen molar-refractivity contribution in [3.05, 3.63) is 12.7 Å². The molecule has 0 aromatic heterocycles. The van der Waals surface area contributed by atoms with Gasteiger partial charge in [0.15, 0.2) is 0 Å². The Morgan fingerprint density at radius 2 is 2.55 bits per heavy atom. The van der Waals surface area contributed by atoms with Gasteiger partial charge in [0.25, 0.3) is 0 Å². The maximum Gasteiger partial charge on any atom is 0.309 e. The number of esters is 1. The van der Waals surface area contributed by atoms with Crippen LogP contribution in [-0.2, 0) is 9.53 Å². The normalized spacial score (nSPS) is 30.1. The van der Waals surface area contributed by atoms with Crippen molar-refractivity contribution in [1.29, 1.82) is 0 Å². The number of carbonyl (C=O) groups excluding carboxylic acids is 1. The van der Waals surface area contributed by atoms with Crippen LogP contribution in [0.1, 0.15) is 12.8 Å². The lowest BCUT2D eigenvalue weighted by Gasteiger charge is -2.00. The maximum atomic E-state index is 11.1. The van der Waals surface area contributed by atoms with Crippen LogP contribution in [0.25, 0.3) is 0 Å². The van der Waals surface area contributed by atoms with Gasteiger partial charge in [-0.05, 0) is 12.8 Å². The Balaban J connectivity index is 2.44. The van der Waals surface area contributed by atoms with E-state index in [1.807, 2.05) is 0 Å². The minimum atomic E-state index is -0.0495. The first kappa shape index (κ1) is 9.03. The van der Waals surface area contributed by atoms with Crippen LogP contribution in [0.5, 0.6) is 0 Å². The highest BCUT2D eigenvalue weighted by Gasteiger charge is 2.32. The van der Waals surface area contributed by atoms with E-state index < -0.39 is 0 Å². The lowest BCUT2D eigenvalue weighted by molar-refractivity contribution is -0.143. The van der Waals surface area contributed by atoms with Crippen molar-refractivity contribution in [3.8, 4) is 0 Å². The maximum absolute atomic E-state index is 11.1. The number of cyclic esters (lactones) is 1. The van der Waals surface area contributed by atoms with Crippen molar-refractivity contribution < 1.29 is 9.53 Å². The molecule has 62 valence electrons. The molecule has 1 aliphatic heterocycles. The second-order valence-corrected chi connectivity index (χ2v) is 3.55. The molecule has 1 saturated heterocycles. The topological polar surface area (TPSA) is 26.3 Å². The van der Waals surface area contributed by atoms with E-state index in [1.54, 1.807) is 6.08 Å². The van der Waals surface area contributed by atoms with Gasteiger partial charge in [-0.25, -0.2) is 0 Å². The van der Waals surface area contributed by atoms with Crippen LogP contribution in [0, 0.1) is 5.92 Å². The van der Waals surface area contributed by atoms with Gasteiger partial charge >= 0.3 is 5.97 Å². The molecular weight excluding hydrogens is 255 g/mol. The van der Waals surface area contributed by atoms with Gasteiger partial charge in [0, 0.05) is 4.43 Å². The fraction of sp³-hybridized carbons (Fsp3) is 0.625. The summed E-state index contributed by atoms with van der Waals surface area (Å²) in [5, 5.41) is 0. The molecule has 11 heavy (non-hydrogen) atoms. The van der Waals surface area contributed by atoms with E-state index in [9.17, 15) is 4.79 Å². The average Bonchev–Trinajstić information content (AvgIpc) is 2.33. The van der Waals surface area contributed by atoms with Gasteiger partial charge in [0.2, 0.25) is 0 Å². The number of rotatable bonds is 3. The second kappa shape index (κ2) is 4.09. The third kappa shape index (κ3) is 2.18. The minimum Gasteiger partial charge on any atom is -0.461 e. The molecule has 3 heteroatoms. The van der Waals surface area contributed by atoms with Gasteiger partial charge < -0.3 is 4.74 Å². The number of hydrogen-bond acceptors (Lipinski definition) is 2. The number of hydrogen-bond donors (Lipinski definition) is 0. The van der Waals surface area contributed by atoms with Crippen molar-refractivity contribution in [1.82, 2.24) is 0 Å². The quantitative estimate of drug-likeness (QED) is 0.337. The molecule has 2 nitrogen and oxygen atoms in total. The van der Waals surface area contributed by atoms with Crippen LogP contribution < -0.4 is 0 Å². The lowest BCUT2D eigenvalue weighted by Crippen LogP contribution is -2.07. The molecule has 0 aromatic rings. The molecule has 0 bridgehead atoms. The molecule has 0 unspecified atom stereocenters. The van der Waals surface area contributed by atoms with Crippen LogP contribution in [0.3, 0.4) is 0 Å². The van der Waals surface area contributed by atoms with E-state index in [0.29, 0.717) is 0 Å². The van der Waals surface area contributed by atoms with Crippen molar-refractivity contribution in [2.24, 2.45) is 5.92 Å². The van der Waals surface area contributed by atoms with Crippen molar-refractivity contribution in [2.75, 3.05) is 4.43 Å². The summed E-state index contributed by atoms with van der Waals surface area (Å²) in [6, 6.07) is 0. The standard InChI is InChI=1S/C8H11IO2/c1-2-3-6-4-7(5-9)11-8(6)10/h2,6-7H,1,3-5H2/t6-,7+/m0/s1. The molecule has 2 atom stereocenters. The Hall–Kier alpha value is -0.0600. The monoisotopic (exact) mass is 266 g/mol. The summed E-state index contributed by atoms with van der Waals surface area (Å²) in [5.41, 5.74) is 0. The predicted molar refractivity (Wildman–Crippen MR) is 51.7 cm³/mol. The lowest BCUT2D eigenvalue weighted by atomic mass is 10.0. The highest BCUT2D eigenvalue weighted by molar-refractivity contribution is 14.1. The van der Waals surface area contributed by atoms with E-state index in [4.69, 9.17) is 4.74 Å². The molecule has 0 aliphatic carbocycles.